The van der Waals surface area contributed by atoms with Crippen molar-refractivity contribution in [3.05, 3.63) is 94.7 Å². The van der Waals surface area contributed by atoms with E-state index in [1.54, 1.807) is 38.6 Å². The minimum Gasteiger partial charge on any atom is -0.497 e. The summed E-state index contributed by atoms with van der Waals surface area (Å²) in [6.45, 7) is 4.97. The van der Waals surface area contributed by atoms with Crippen molar-refractivity contribution in [1.82, 2.24) is 9.99 Å². The molecule has 6 heteroatoms. The SMILES string of the molecule is COc1cc(OC)cc(C(=O)N/N=C\c2c(C)n(Cc3ccccc3C)c3ccccc23)c1. The second-order valence-electron chi connectivity index (χ2n) is 7.83. The molecule has 0 saturated heterocycles. The van der Waals surface area contributed by atoms with Gasteiger partial charge in [-0.05, 0) is 43.2 Å². The van der Waals surface area contributed by atoms with Crippen molar-refractivity contribution >= 4 is 23.0 Å². The lowest BCUT2D eigenvalue weighted by Gasteiger charge is -2.11. The van der Waals surface area contributed by atoms with Gasteiger partial charge in [0.25, 0.3) is 5.91 Å². The van der Waals surface area contributed by atoms with E-state index in [2.05, 4.69) is 65.3 Å². The quantitative estimate of drug-likeness (QED) is 0.321. The highest BCUT2D eigenvalue weighted by molar-refractivity contribution is 6.02. The van der Waals surface area contributed by atoms with Crippen molar-refractivity contribution in [1.29, 1.82) is 0 Å². The minimum atomic E-state index is -0.343. The normalized spacial score (nSPS) is 11.2. The van der Waals surface area contributed by atoms with Gasteiger partial charge in [-0.25, -0.2) is 5.43 Å². The molecule has 0 atom stereocenters. The average molecular weight is 442 g/mol. The van der Waals surface area contributed by atoms with Crippen molar-refractivity contribution < 1.29 is 14.3 Å². The molecule has 0 spiro atoms. The zero-order valence-corrected chi connectivity index (χ0v) is 19.3. The predicted octanol–water partition coefficient (Wildman–Crippen LogP) is 5.09. The van der Waals surface area contributed by atoms with Gasteiger partial charge in [0.1, 0.15) is 11.5 Å². The number of aromatic nitrogens is 1. The fourth-order valence-electron chi connectivity index (χ4n) is 3.94. The van der Waals surface area contributed by atoms with Crippen LogP contribution in [0.15, 0.2) is 71.8 Å². The number of hydrogen-bond donors (Lipinski definition) is 1. The summed E-state index contributed by atoms with van der Waals surface area (Å²) in [5.74, 6) is 0.738. The Morgan fingerprint density at radius 2 is 1.64 bits per heavy atom. The number of methoxy groups -OCH3 is 2. The molecule has 0 unspecified atom stereocenters. The monoisotopic (exact) mass is 441 g/mol. The maximum absolute atomic E-state index is 12.7. The number of hydrogen-bond acceptors (Lipinski definition) is 4. The van der Waals surface area contributed by atoms with Crippen molar-refractivity contribution in [3.8, 4) is 11.5 Å². The van der Waals surface area contributed by atoms with Crippen LogP contribution in [0.1, 0.15) is 32.7 Å². The first-order valence-electron chi connectivity index (χ1n) is 10.7. The van der Waals surface area contributed by atoms with E-state index in [-0.39, 0.29) is 5.91 Å². The lowest BCUT2D eigenvalue weighted by molar-refractivity contribution is 0.0954. The maximum atomic E-state index is 12.7. The maximum Gasteiger partial charge on any atom is 0.271 e. The topological polar surface area (TPSA) is 64.8 Å². The van der Waals surface area contributed by atoms with Crippen LogP contribution in [0, 0.1) is 13.8 Å². The van der Waals surface area contributed by atoms with Gasteiger partial charge < -0.3 is 14.0 Å². The molecule has 1 amide bonds. The van der Waals surface area contributed by atoms with E-state index >= 15 is 0 Å². The Labute approximate surface area is 193 Å². The van der Waals surface area contributed by atoms with Gasteiger partial charge in [-0.15, -0.1) is 0 Å². The highest BCUT2D eigenvalue weighted by Crippen LogP contribution is 2.26. The molecule has 4 rings (SSSR count). The van der Waals surface area contributed by atoms with Gasteiger partial charge >= 0.3 is 0 Å². The summed E-state index contributed by atoms with van der Waals surface area (Å²) >= 11 is 0. The number of ether oxygens (including phenoxy) is 2. The van der Waals surface area contributed by atoms with Gasteiger partial charge in [0.2, 0.25) is 0 Å². The van der Waals surface area contributed by atoms with Gasteiger partial charge in [0, 0.05) is 40.3 Å². The summed E-state index contributed by atoms with van der Waals surface area (Å²) < 4.78 is 12.8. The Morgan fingerprint density at radius 1 is 0.970 bits per heavy atom. The van der Waals surface area contributed by atoms with Crippen LogP contribution >= 0.6 is 0 Å². The molecule has 3 aromatic carbocycles. The van der Waals surface area contributed by atoms with E-state index in [0.717, 1.165) is 28.7 Å². The largest absolute Gasteiger partial charge is 0.497 e. The number of carbonyl (C=O) groups excluding carboxylic acids is 1. The van der Waals surface area contributed by atoms with Crippen LogP contribution < -0.4 is 14.9 Å². The first kappa shape index (κ1) is 22.1. The molecule has 0 saturated carbocycles. The van der Waals surface area contributed by atoms with E-state index in [1.165, 1.54) is 11.1 Å². The van der Waals surface area contributed by atoms with Crippen LogP contribution in [0.2, 0.25) is 0 Å². The highest BCUT2D eigenvalue weighted by Gasteiger charge is 2.14. The minimum absolute atomic E-state index is 0.343. The fourth-order valence-corrected chi connectivity index (χ4v) is 3.94. The first-order valence-corrected chi connectivity index (χ1v) is 10.7. The lowest BCUT2D eigenvalue weighted by Crippen LogP contribution is -2.17. The number of rotatable bonds is 7. The first-order chi connectivity index (χ1) is 16.0. The number of hydrazone groups is 1. The second kappa shape index (κ2) is 9.61. The van der Waals surface area contributed by atoms with Crippen molar-refractivity contribution in [2.24, 2.45) is 5.10 Å². The average Bonchev–Trinajstić information content (AvgIpc) is 3.11. The molecule has 0 aliphatic rings. The molecule has 4 aromatic rings. The van der Waals surface area contributed by atoms with E-state index in [9.17, 15) is 4.79 Å². The molecule has 1 aromatic heterocycles. The smallest absolute Gasteiger partial charge is 0.271 e. The third kappa shape index (κ3) is 4.60. The Kier molecular flexibility index (Phi) is 6.45. The molecular formula is C27H27N3O3. The second-order valence-corrected chi connectivity index (χ2v) is 7.83. The fraction of sp³-hybridized carbons (Fsp3) is 0.185. The molecule has 0 fully saturated rings. The molecule has 1 heterocycles. The van der Waals surface area contributed by atoms with E-state index < -0.39 is 0 Å². The molecule has 0 aliphatic carbocycles. The summed E-state index contributed by atoms with van der Waals surface area (Å²) in [6, 6.07) is 21.6. The molecule has 168 valence electrons. The van der Waals surface area contributed by atoms with Gasteiger partial charge in [-0.3, -0.25) is 4.79 Å². The molecule has 33 heavy (non-hydrogen) atoms. The summed E-state index contributed by atoms with van der Waals surface area (Å²) in [5, 5.41) is 5.35. The number of nitrogens with one attached hydrogen (secondary N) is 1. The van der Waals surface area contributed by atoms with Crippen molar-refractivity contribution in [2.45, 2.75) is 20.4 Å². The number of amides is 1. The number of carbonyl (C=O) groups is 1. The van der Waals surface area contributed by atoms with Crippen LogP contribution in [-0.2, 0) is 6.54 Å². The predicted molar refractivity (Wildman–Crippen MR) is 132 cm³/mol. The molecule has 0 radical (unpaired) electrons. The Balaban J connectivity index is 1.62. The molecule has 0 bridgehead atoms. The standard InChI is InChI=1S/C27H27N3O3/c1-18-9-5-6-10-20(18)17-30-19(2)25(24-11-7-8-12-26(24)30)16-28-29-27(31)21-13-22(32-3)15-23(14-21)33-4/h5-16H,17H2,1-4H3,(H,29,31)/b28-16-. The Morgan fingerprint density at radius 3 is 2.33 bits per heavy atom. The molecule has 0 aliphatic heterocycles. The molecule has 6 nitrogen and oxygen atoms in total. The van der Waals surface area contributed by atoms with E-state index in [0.29, 0.717) is 17.1 Å². The Bertz CT molecular complexity index is 1320. The van der Waals surface area contributed by atoms with E-state index in [1.807, 2.05) is 12.1 Å². The number of fused-ring (bicyclic) bond motifs is 1. The molecular weight excluding hydrogens is 414 g/mol. The highest BCUT2D eigenvalue weighted by atomic mass is 16.5. The van der Waals surface area contributed by atoms with Gasteiger partial charge in [-0.1, -0.05) is 42.5 Å². The third-order valence-corrected chi connectivity index (χ3v) is 5.84. The summed E-state index contributed by atoms with van der Waals surface area (Å²) in [5.41, 5.74) is 8.74. The van der Waals surface area contributed by atoms with Crippen LogP contribution in [0.4, 0.5) is 0 Å². The van der Waals surface area contributed by atoms with Crippen molar-refractivity contribution in [2.75, 3.05) is 14.2 Å². The number of benzene rings is 3. The summed E-state index contributed by atoms with van der Waals surface area (Å²) in [6.07, 6.45) is 1.71. The van der Waals surface area contributed by atoms with Crippen LogP contribution in [0.25, 0.3) is 10.9 Å². The molecule has 1 N–H and O–H groups in total. The van der Waals surface area contributed by atoms with Gasteiger partial charge in [-0.2, -0.15) is 5.10 Å². The number of nitrogens with zero attached hydrogens (tertiary/aromatic N) is 2. The van der Waals surface area contributed by atoms with Crippen LogP contribution in [-0.4, -0.2) is 30.9 Å². The third-order valence-electron chi connectivity index (χ3n) is 5.84. The summed E-state index contributed by atoms with van der Waals surface area (Å²) in [7, 11) is 3.09. The summed E-state index contributed by atoms with van der Waals surface area (Å²) in [4.78, 5) is 12.7. The number of aryl methyl sites for hydroxylation is 1. The van der Waals surface area contributed by atoms with E-state index in [4.69, 9.17) is 9.47 Å². The zero-order chi connectivity index (χ0) is 23.4. The van der Waals surface area contributed by atoms with Crippen molar-refractivity contribution in [3.63, 3.8) is 0 Å². The lowest BCUT2D eigenvalue weighted by atomic mass is 10.1. The Hall–Kier alpha value is -4.06. The zero-order valence-electron chi connectivity index (χ0n) is 19.3. The van der Waals surface area contributed by atoms with Gasteiger partial charge in [0.05, 0.1) is 20.4 Å². The van der Waals surface area contributed by atoms with Crippen LogP contribution in [0.3, 0.4) is 0 Å². The van der Waals surface area contributed by atoms with Crippen LogP contribution in [0.5, 0.6) is 11.5 Å². The van der Waals surface area contributed by atoms with Gasteiger partial charge in [0.15, 0.2) is 0 Å². The number of para-hydroxylation sites is 1.